The van der Waals surface area contributed by atoms with Crippen molar-refractivity contribution >= 4 is 7.49 Å². The fraction of sp³-hybridized carbons (Fsp3) is 0.800. The lowest BCUT2D eigenvalue weighted by Crippen LogP contribution is -2.31. The Bertz CT molecular complexity index is 204. The molecule has 68 valence electrons. The third-order valence-electron chi connectivity index (χ3n) is 3.02. The van der Waals surface area contributed by atoms with Crippen LogP contribution in [-0.4, -0.2) is 23.9 Å². The molecule has 0 bridgehead atoms. The molecule has 0 saturated carbocycles. The largest absolute Gasteiger partial charge is 0.252 e. The molecule has 1 heterocycles. The Kier molecular flexibility index (Phi) is 2.81. The highest BCUT2D eigenvalue weighted by atomic mass is 31.2. The third-order valence-corrected chi connectivity index (χ3v) is 5.56. The highest BCUT2D eigenvalue weighted by Crippen LogP contribution is 2.58. The molecule has 4 unspecified atom stereocenters. The summed E-state index contributed by atoms with van der Waals surface area (Å²) in [5, 5.41) is 0. The topological polar surface area (TPSA) is 20.2 Å². The maximum absolute atomic E-state index is 9.98. The molecular weight excluding hydrogens is 167 g/mol. The Labute approximate surface area is 76.0 Å². The second kappa shape index (κ2) is 3.36. The van der Waals surface area contributed by atoms with Gasteiger partial charge in [0, 0.05) is 0 Å². The quantitative estimate of drug-likeness (QED) is 0.452. The molecule has 1 saturated heterocycles. The molecule has 1 aliphatic heterocycles. The second-order valence-corrected chi connectivity index (χ2v) is 7.72. The Morgan fingerprint density at radius 2 is 2.00 bits per heavy atom. The van der Waals surface area contributed by atoms with E-state index in [1.807, 2.05) is 6.66 Å². The van der Waals surface area contributed by atoms with Crippen molar-refractivity contribution in [3.8, 4) is 12.3 Å². The van der Waals surface area contributed by atoms with Crippen molar-refractivity contribution in [1.29, 1.82) is 0 Å². The number of terminal acetylenes is 1. The van der Waals surface area contributed by atoms with E-state index in [0.717, 1.165) is 12.3 Å². The number of hydrogen-bond donors (Lipinski definition) is 1. The molecular formula is C10H18OP+. The van der Waals surface area contributed by atoms with Crippen LogP contribution in [0.5, 0.6) is 0 Å². The lowest BCUT2D eigenvalue weighted by atomic mass is 9.86. The maximum Gasteiger partial charge on any atom is 0.140 e. The monoisotopic (exact) mass is 185 g/mol. The van der Waals surface area contributed by atoms with Gasteiger partial charge < -0.3 is 0 Å². The van der Waals surface area contributed by atoms with Gasteiger partial charge in [-0.05, 0) is 11.8 Å². The molecule has 1 fully saturated rings. The lowest BCUT2D eigenvalue weighted by molar-refractivity contribution is 0.327. The Morgan fingerprint density at radius 3 is 2.50 bits per heavy atom. The highest BCUT2D eigenvalue weighted by Gasteiger charge is 2.43. The lowest BCUT2D eigenvalue weighted by Gasteiger charge is -2.34. The predicted molar refractivity (Wildman–Crippen MR) is 55.4 cm³/mol. The summed E-state index contributed by atoms with van der Waals surface area (Å²) in [6.45, 7) is 6.40. The third kappa shape index (κ3) is 2.00. The molecule has 1 aliphatic rings. The van der Waals surface area contributed by atoms with E-state index in [0.29, 0.717) is 17.8 Å². The van der Waals surface area contributed by atoms with Gasteiger partial charge in [-0.3, -0.25) is 4.89 Å². The summed E-state index contributed by atoms with van der Waals surface area (Å²) in [6, 6.07) is 0. The average Bonchev–Trinajstić information content (AvgIpc) is 1.96. The van der Waals surface area contributed by atoms with E-state index in [4.69, 9.17) is 6.42 Å². The van der Waals surface area contributed by atoms with E-state index in [2.05, 4.69) is 19.8 Å². The van der Waals surface area contributed by atoms with E-state index in [-0.39, 0.29) is 0 Å². The van der Waals surface area contributed by atoms with Crippen molar-refractivity contribution in [2.75, 3.05) is 19.0 Å². The van der Waals surface area contributed by atoms with E-state index < -0.39 is 7.49 Å². The van der Waals surface area contributed by atoms with Crippen LogP contribution in [0.1, 0.15) is 13.8 Å². The summed E-state index contributed by atoms with van der Waals surface area (Å²) in [6.07, 6.45) is 7.30. The summed E-state index contributed by atoms with van der Waals surface area (Å²) in [5.41, 5.74) is 0. The van der Waals surface area contributed by atoms with Gasteiger partial charge in [0.05, 0.1) is 24.9 Å². The summed E-state index contributed by atoms with van der Waals surface area (Å²) in [5.74, 6) is 4.28. The summed E-state index contributed by atoms with van der Waals surface area (Å²) < 4.78 is 0. The zero-order valence-corrected chi connectivity index (χ0v) is 9.01. The molecule has 1 rings (SSSR count). The van der Waals surface area contributed by atoms with Gasteiger partial charge in [-0.2, -0.15) is 0 Å². The average molecular weight is 185 g/mol. The molecule has 0 amide bonds. The van der Waals surface area contributed by atoms with Crippen LogP contribution in [0.3, 0.4) is 0 Å². The number of rotatable bonds is 0. The van der Waals surface area contributed by atoms with Crippen LogP contribution in [0.2, 0.25) is 0 Å². The van der Waals surface area contributed by atoms with Gasteiger partial charge in [-0.25, -0.2) is 0 Å². The molecule has 0 spiro atoms. The van der Waals surface area contributed by atoms with Crippen molar-refractivity contribution in [2.45, 2.75) is 13.8 Å². The Morgan fingerprint density at radius 1 is 1.42 bits per heavy atom. The molecule has 0 aromatic heterocycles. The van der Waals surface area contributed by atoms with Gasteiger partial charge >= 0.3 is 0 Å². The van der Waals surface area contributed by atoms with Crippen LogP contribution in [0.4, 0.5) is 0 Å². The standard InChI is InChI=1S/C10H18OP/c1-5-10-7-12(4,11)6-8(2)9(10)3/h1,8-11H,6-7H2,2-4H3/q+1. The first-order valence-corrected chi connectivity index (χ1v) is 7.05. The Hall–Kier alpha value is -0.0500. The van der Waals surface area contributed by atoms with Crippen LogP contribution < -0.4 is 0 Å². The summed E-state index contributed by atoms with van der Waals surface area (Å²) in [4.78, 5) is 9.98. The first-order valence-electron chi connectivity index (χ1n) is 4.49. The van der Waals surface area contributed by atoms with Crippen LogP contribution in [0.25, 0.3) is 0 Å². The molecule has 0 aromatic carbocycles. The molecule has 1 N–H and O–H groups in total. The zero-order valence-electron chi connectivity index (χ0n) is 8.12. The zero-order chi connectivity index (χ0) is 9.35. The normalized spacial score (nSPS) is 48.4. The molecule has 0 aliphatic carbocycles. The predicted octanol–water partition coefficient (Wildman–Crippen LogP) is 2.08. The Balaban J connectivity index is 2.73. The van der Waals surface area contributed by atoms with Crippen LogP contribution in [0, 0.1) is 30.1 Å². The minimum Gasteiger partial charge on any atom is -0.252 e. The van der Waals surface area contributed by atoms with E-state index >= 15 is 0 Å². The molecule has 0 radical (unpaired) electrons. The second-order valence-electron chi connectivity index (χ2n) is 4.31. The molecule has 1 nitrogen and oxygen atoms in total. The number of hydrogen-bond acceptors (Lipinski definition) is 1. The fourth-order valence-electron chi connectivity index (χ4n) is 2.05. The van der Waals surface area contributed by atoms with E-state index in [1.54, 1.807) is 0 Å². The summed E-state index contributed by atoms with van der Waals surface area (Å²) >= 11 is 0. The van der Waals surface area contributed by atoms with E-state index in [9.17, 15) is 4.89 Å². The van der Waals surface area contributed by atoms with E-state index in [1.165, 1.54) is 0 Å². The minimum absolute atomic E-state index is 0.303. The van der Waals surface area contributed by atoms with Crippen LogP contribution in [0.15, 0.2) is 0 Å². The van der Waals surface area contributed by atoms with Gasteiger partial charge in [0.15, 0.2) is 0 Å². The van der Waals surface area contributed by atoms with Crippen LogP contribution >= 0.6 is 7.49 Å². The van der Waals surface area contributed by atoms with Gasteiger partial charge in [0.25, 0.3) is 0 Å². The first-order chi connectivity index (χ1) is 5.46. The van der Waals surface area contributed by atoms with Crippen molar-refractivity contribution in [3.05, 3.63) is 0 Å². The maximum atomic E-state index is 9.98. The fourth-order valence-corrected chi connectivity index (χ4v) is 5.06. The molecule has 12 heavy (non-hydrogen) atoms. The SMILES string of the molecule is C#CC1C[P+](C)(O)CC(C)C1C. The van der Waals surface area contributed by atoms with Gasteiger partial charge in [0.1, 0.15) is 7.49 Å². The van der Waals surface area contributed by atoms with Gasteiger partial charge in [-0.15, -0.1) is 6.42 Å². The highest BCUT2D eigenvalue weighted by molar-refractivity contribution is 7.69. The summed E-state index contributed by atoms with van der Waals surface area (Å²) in [7, 11) is -1.65. The van der Waals surface area contributed by atoms with Crippen LogP contribution in [-0.2, 0) is 0 Å². The molecule has 0 aromatic rings. The first kappa shape index (κ1) is 10.0. The van der Waals surface area contributed by atoms with Crippen molar-refractivity contribution in [1.82, 2.24) is 0 Å². The molecule has 4 atom stereocenters. The smallest absolute Gasteiger partial charge is 0.140 e. The van der Waals surface area contributed by atoms with Gasteiger partial charge in [-0.1, -0.05) is 19.8 Å². The van der Waals surface area contributed by atoms with Gasteiger partial charge in [0.2, 0.25) is 0 Å². The van der Waals surface area contributed by atoms with Crippen molar-refractivity contribution in [3.63, 3.8) is 0 Å². The minimum atomic E-state index is -1.65. The molecule has 2 heteroatoms. The van der Waals surface area contributed by atoms with Crippen molar-refractivity contribution in [2.24, 2.45) is 17.8 Å². The van der Waals surface area contributed by atoms with Crippen molar-refractivity contribution < 1.29 is 4.89 Å².